The molecule has 1 amide bonds. The van der Waals surface area contributed by atoms with Crippen molar-refractivity contribution in [3.63, 3.8) is 0 Å². The van der Waals surface area contributed by atoms with Gasteiger partial charge in [0.1, 0.15) is 0 Å². The second-order valence-corrected chi connectivity index (χ2v) is 6.01. The molecule has 0 radical (unpaired) electrons. The summed E-state index contributed by atoms with van der Waals surface area (Å²) in [5.41, 5.74) is 1.19. The minimum absolute atomic E-state index is 0. The summed E-state index contributed by atoms with van der Waals surface area (Å²) in [5.74, 6) is 0.315. The van der Waals surface area contributed by atoms with E-state index in [2.05, 4.69) is 43.5 Å². The molecule has 2 N–H and O–H groups in total. The van der Waals surface area contributed by atoms with Gasteiger partial charge < -0.3 is 10.6 Å². The van der Waals surface area contributed by atoms with Crippen LogP contribution in [0, 0.1) is 5.92 Å². The zero-order valence-corrected chi connectivity index (χ0v) is 13.3. The summed E-state index contributed by atoms with van der Waals surface area (Å²) in [6.07, 6.45) is 0.949. The highest BCUT2D eigenvalue weighted by atomic mass is 35.5. The molecule has 112 valence electrons. The highest BCUT2D eigenvalue weighted by molar-refractivity contribution is 5.85. The van der Waals surface area contributed by atoms with Gasteiger partial charge in [-0.15, -0.1) is 12.4 Å². The van der Waals surface area contributed by atoms with Crippen LogP contribution in [0.4, 0.5) is 0 Å². The highest BCUT2D eigenvalue weighted by Gasteiger charge is 2.31. The smallest absolute Gasteiger partial charge is 0.224 e. The molecule has 1 fully saturated rings. The summed E-state index contributed by atoms with van der Waals surface area (Å²) in [7, 11) is 0. The fraction of sp³-hybridized carbons (Fsp3) is 0.562. The molecule has 0 spiro atoms. The van der Waals surface area contributed by atoms with E-state index in [0.29, 0.717) is 0 Å². The molecule has 0 saturated carbocycles. The fourth-order valence-electron chi connectivity index (χ4n) is 2.51. The van der Waals surface area contributed by atoms with E-state index in [4.69, 9.17) is 0 Å². The third-order valence-electron chi connectivity index (χ3n) is 4.39. The number of rotatable bonds is 4. The van der Waals surface area contributed by atoms with E-state index < -0.39 is 0 Å². The zero-order chi connectivity index (χ0) is 13.9. The van der Waals surface area contributed by atoms with Crippen molar-refractivity contribution in [2.24, 2.45) is 5.92 Å². The van der Waals surface area contributed by atoms with Crippen molar-refractivity contribution < 1.29 is 4.79 Å². The van der Waals surface area contributed by atoms with E-state index in [9.17, 15) is 4.79 Å². The molecule has 1 aliphatic heterocycles. The lowest BCUT2D eigenvalue weighted by Gasteiger charge is -2.33. The first kappa shape index (κ1) is 17.0. The molecule has 0 aromatic heterocycles. The third-order valence-corrected chi connectivity index (χ3v) is 4.39. The molecule has 1 aromatic rings. The van der Waals surface area contributed by atoms with E-state index in [1.807, 2.05) is 18.2 Å². The number of nitrogens with one attached hydrogen (secondary N) is 2. The van der Waals surface area contributed by atoms with Gasteiger partial charge >= 0.3 is 0 Å². The van der Waals surface area contributed by atoms with Crippen molar-refractivity contribution in [1.82, 2.24) is 10.6 Å². The molecule has 3 nitrogen and oxygen atoms in total. The molecule has 2 unspecified atom stereocenters. The molecular weight excluding hydrogens is 272 g/mol. The second-order valence-electron chi connectivity index (χ2n) is 6.01. The Hall–Kier alpha value is -1.06. The molecule has 1 heterocycles. The van der Waals surface area contributed by atoms with Crippen molar-refractivity contribution >= 4 is 18.3 Å². The van der Waals surface area contributed by atoms with Crippen molar-refractivity contribution in [2.75, 3.05) is 13.1 Å². The average molecular weight is 297 g/mol. The standard InChI is InChI=1S/C16H24N2O.ClH/c1-12(18-15(19)13-9-10-17-11-13)16(2,3)14-7-5-4-6-8-14;/h4-8,12-13,17H,9-11H2,1-3H3,(H,18,19);1H. The quantitative estimate of drug-likeness (QED) is 0.896. The average Bonchev–Trinajstić information content (AvgIpc) is 2.93. The lowest BCUT2D eigenvalue weighted by Crippen LogP contribution is -2.47. The summed E-state index contributed by atoms with van der Waals surface area (Å²) < 4.78 is 0. The number of benzene rings is 1. The predicted octanol–water partition coefficient (Wildman–Crippen LogP) is 2.50. The van der Waals surface area contributed by atoms with Gasteiger partial charge in [-0.1, -0.05) is 44.2 Å². The topological polar surface area (TPSA) is 41.1 Å². The van der Waals surface area contributed by atoms with Gasteiger partial charge in [0.2, 0.25) is 5.91 Å². The Labute approximate surface area is 127 Å². The first-order valence-electron chi connectivity index (χ1n) is 7.08. The van der Waals surface area contributed by atoms with Gasteiger partial charge in [0.25, 0.3) is 0 Å². The van der Waals surface area contributed by atoms with Crippen LogP contribution in [0.2, 0.25) is 0 Å². The molecule has 2 rings (SSSR count). The van der Waals surface area contributed by atoms with Crippen LogP contribution < -0.4 is 10.6 Å². The molecule has 0 bridgehead atoms. The number of halogens is 1. The van der Waals surface area contributed by atoms with Crippen LogP contribution in [0.15, 0.2) is 30.3 Å². The van der Waals surface area contributed by atoms with Crippen LogP contribution >= 0.6 is 12.4 Å². The molecule has 4 heteroatoms. The van der Waals surface area contributed by atoms with E-state index in [1.165, 1.54) is 5.56 Å². The summed E-state index contributed by atoms with van der Waals surface area (Å²) in [4.78, 5) is 12.2. The Morgan fingerprint density at radius 3 is 2.55 bits per heavy atom. The number of carbonyl (C=O) groups excluding carboxylic acids is 1. The lowest BCUT2D eigenvalue weighted by molar-refractivity contribution is -0.125. The van der Waals surface area contributed by atoms with Crippen LogP contribution in [0.3, 0.4) is 0 Å². The van der Waals surface area contributed by atoms with Gasteiger partial charge in [0.05, 0.1) is 5.92 Å². The predicted molar refractivity (Wildman–Crippen MR) is 85.3 cm³/mol. The monoisotopic (exact) mass is 296 g/mol. The van der Waals surface area contributed by atoms with Crippen LogP contribution in [0.1, 0.15) is 32.8 Å². The summed E-state index contributed by atoms with van der Waals surface area (Å²) in [6, 6.07) is 10.5. The van der Waals surface area contributed by atoms with Gasteiger partial charge in [-0.05, 0) is 25.5 Å². The van der Waals surface area contributed by atoms with Crippen LogP contribution in [0.5, 0.6) is 0 Å². The summed E-state index contributed by atoms with van der Waals surface area (Å²) in [5, 5.41) is 6.42. The van der Waals surface area contributed by atoms with Crippen LogP contribution in [0.25, 0.3) is 0 Å². The fourth-order valence-corrected chi connectivity index (χ4v) is 2.51. The number of carbonyl (C=O) groups is 1. The van der Waals surface area contributed by atoms with Crippen molar-refractivity contribution in [3.05, 3.63) is 35.9 Å². The maximum atomic E-state index is 12.2. The van der Waals surface area contributed by atoms with Crippen LogP contribution in [-0.4, -0.2) is 25.0 Å². The maximum Gasteiger partial charge on any atom is 0.224 e. The molecule has 1 saturated heterocycles. The van der Waals surface area contributed by atoms with E-state index in [0.717, 1.165) is 19.5 Å². The maximum absolute atomic E-state index is 12.2. The Morgan fingerprint density at radius 1 is 1.35 bits per heavy atom. The first-order valence-corrected chi connectivity index (χ1v) is 7.08. The van der Waals surface area contributed by atoms with E-state index in [-0.39, 0.29) is 35.7 Å². The summed E-state index contributed by atoms with van der Waals surface area (Å²) >= 11 is 0. The van der Waals surface area contributed by atoms with Crippen molar-refractivity contribution in [1.29, 1.82) is 0 Å². The molecule has 1 aliphatic rings. The number of amides is 1. The van der Waals surface area contributed by atoms with Gasteiger partial charge in [0, 0.05) is 18.0 Å². The Kier molecular flexibility index (Phi) is 6.03. The minimum Gasteiger partial charge on any atom is -0.352 e. The summed E-state index contributed by atoms with van der Waals surface area (Å²) in [6.45, 7) is 8.21. The SMILES string of the molecule is CC(NC(=O)C1CCNC1)C(C)(C)c1ccccc1.Cl. The molecule has 20 heavy (non-hydrogen) atoms. The van der Waals surface area contributed by atoms with Crippen molar-refractivity contribution in [2.45, 2.75) is 38.6 Å². The molecule has 2 atom stereocenters. The Morgan fingerprint density at radius 2 is 2.00 bits per heavy atom. The number of hydrogen-bond donors (Lipinski definition) is 2. The minimum atomic E-state index is -0.0665. The zero-order valence-electron chi connectivity index (χ0n) is 12.5. The normalized spacial score (nSPS) is 20.1. The van der Waals surface area contributed by atoms with Gasteiger partial charge in [-0.2, -0.15) is 0 Å². The Balaban J connectivity index is 0.00000200. The third kappa shape index (κ3) is 3.74. The first-order chi connectivity index (χ1) is 9.01. The molecule has 0 aliphatic carbocycles. The second kappa shape index (κ2) is 7.09. The van der Waals surface area contributed by atoms with Crippen molar-refractivity contribution in [3.8, 4) is 0 Å². The van der Waals surface area contributed by atoms with Crippen LogP contribution in [-0.2, 0) is 10.2 Å². The lowest BCUT2D eigenvalue weighted by atomic mass is 9.78. The van der Waals surface area contributed by atoms with E-state index in [1.54, 1.807) is 0 Å². The Bertz CT molecular complexity index is 427. The molecular formula is C16H25ClN2O. The largest absolute Gasteiger partial charge is 0.352 e. The van der Waals surface area contributed by atoms with Gasteiger partial charge in [-0.3, -0.25) is 4.79 Å². The van der Waals surface area contributed by atoms with Gasteiger partial charge in [0.15, 0.2) is 0 Å². The molecule has 1 aromatic carbocycles. The highest BCUT2D eigenvalue weighted by Crippen LogP contribution is 2.27. The van der Waals surface area contributed by atoms with E-state index >= 15 is 0 Å². The van der Waals surface area contributed by atoms with Gasteiger partial charge in [-0.25, -0.2) is 0 Å². The number of hydrogen-bond acceptors (Lipinski definition) is 2.